The van der Waals surface area contributed by atoms with E-state index in [2.05, 4.69) is 20.3 Å². The van der Waals surface area contributed by atoms with E-state index < -0.39 is 41.3 Å². The van der Waals surface area contributed by atoms with Crippen molar-refractivity contribution in [3.8, 4) is 0 Å². The highest BCUT2D eigenvalue weighted by Crippen LogP contribution is 2.47. The van der Waals surface area contributed by atoms with Crippen molar-refractivity contribution in [2.75, 3.05) is 36.4 Å². The Kier molecular flexibility index (Phi) is 7.20. The molecule has 1 amide bonds. The molecule has 2 aliphatic heterocycles. The number of fused-ring (bicyclic) bond motifs is 1. The van der Waals surface area contributed by atoms with E-state index in [0.717, 1.165) is 6.07 Å². The smallest absolute Gasteiger partial charge is 0.435 e. The molecule has 2 aliphatic rings. The molecule has 232 valence electrons. The van der Waals surface area contributed by atoms with Crippen molar-refractivity contribution in [2.45, 2.75) is 65.5 Å². The van der Waals surface area contributed by atoms with Gasteiger partial charge in [0.05, 0.1) is 22.7 Å². The minimum Gasteiger partial charge on any atom is -0.444 e. The Morgan fingerprint density at radius 1 is 0.977 bits per heavy atom. The summed E-state index contributed by atoms with van der Waals surface area (Å²) in [4.78, 5) is 27.8. The first-order chi connectivity index (χ1) is 19.8. The van der Waals surface area contributed by atoms with E-state index in [4.69, 9.17) is 4.74 Å². The van der Waals surface area contributed by atoms with Gasteiger partial charge in [-0.2, -0.15) is 26.3 Å². The number of carbonyl (C=O) groups is 1. The number of nitrogens with one attached hydrogen (secondary N) is 1. The lowest BCUT2D eigenvalue weighted by molar-refractivity contribution is -0.141. The number of hydrogen-bond donors (Lipinski definition) is 1. The highest BCUT2D eigenvalue weighted by atomic mass is 19.4. The predicted octanol–water partition coefficient (Wildman–Crippen LogP) is 6.91. The Morgan fingerprint density at radius 3 is 2.21 bits per heavy atom. The molecule has 0 bridgehead atoms. The molecular weight excluding hydrogens is 578 g/mol. The molecule has 8 nitrogen and oxygen atoms in total. The number of aromatic nitrogens is 3. The lowest BCUT2D eigenvalue weighted by Crippen LogP contribution is -2.73. The number of rotatable bonds is 4. The van der Waals surface area contributed by atoms with Gasteiger partial charge >= 0.3 is 18.4 Å². The lowest BCUT2D eigenvalue weighted by atomic mass is 9.72. The molecule has 1 N–H and O–H groups in total. The molecule has 2 aromatic heterocycles. The van der Waals surface area contributed by atoms with Crippen LogP contribution in [0.1, 0.15) is 61.9 Å². The number of amides is 1. The van der Waals surface area contributed by atoms with Crippen molar-refractivity contribution in [1.29, 1.82) is 0 Å². The maximum absolute atomic E-state index is 14.2. The minimum atomic E-state index is -4.77. The van der Waals surface area contributed by atoms with Crippen LogP contribution in [0.3, 0.4) is 0 Å². The highest BCUT2D eigenvalue weighted by Gasteiger charge is 2.55. The van der Waals surface area contributed by atoms with Crippen molar-refractivity contribution in [1.82, 2.24) is 19.9 Å². The van der Waals surface area contributed by atoms with Gasteiger partial charge in [0.15, 0.2) is 11.3 Å². The van der Waals surface area contributed by atoms with Gasteiger partial charge in [0, 0.05) is 31.6 Å². The molecule has 1 aromatic carbocycles. The van der Waals surface area contributed by atoms with Crippen molar-refractivity contribution in [3.63, 3.8) is 0 Å². The van der Waals surface area contributed by atoms with Gasteiger partial charge in [-0.1, -0.05) is 12.1 Å². The van der Waals surface area contributed by atoms with Crippen molar-refractivity contribution >= 4 is 28.6 Å². The quantitative estimate of drug-likeness (QED) is 0.322. The summed E-state index contributed by atoms with van der Waals surface area (Å²) in [6.07, 6.45) is -9.78. The first-order valence-electron chi connectivity index (χ1n) is 13.7. The van der Waals surface area contributed by atoms with Crippen molar-refractivity contribution in [3.05, 3.63) is 52.5 Å². The van der Waals surface area contributed by atoms with E-state index in [1.165, 1.54) is 30.9 Å². The summed E-state index contributed by atoms with van der Waals surface area (Å²) in [6.45, 7) is 11.1. The molecule has 1 atom stereocenters. The lowest BCUT2D eigenvalue weighted by Gasteiger charge is -2.60. The van der Waals surface area contributed by atoms with Crippen LogP contribution in [0, 0.1) is 19.3 Å². The maximum atomic E-state index is 14.2. The van der Waals surface area contributed by atoms with Crippen LogP contribution in [-0.4, -0.2) is 57.7 Å². The number of ether oxygens (including phenoxy) is 1. The summed E-state index contributed by atoms with van der Waals surface area (Å²) >= 11 is 0. The largest absolute Gasteiger partial charge is 0.444 e. The van der Waals surface area contributed by atoms with Gasteiger partial charge in [0.25, 0.3) is 0 Å². The molecule has 1 spiro atoms. The van der Waals surface area contributed by atoms with E-state index >= 15 is 0 Å². The standard InChI is InChI=1S/C29H32F6N6O2/c1-15-18(8-7-9-20(15)28(30,31)32)16(2)36-23-19-10-21(22(29(33,34)35)39-24(19)38-17(3)37-23)40-11-27(12-40)13-41(14-27)25(42)43-26(4,5)6/h7-10,16H,11-14H2,1-6H3,(H,36,37,38,39)/t16-/m1/s1. The van der Waals surface area contributed by atoms with Crippen LogP contribution in [0.25, 0.3) is 11.0 Å². The fourth-order valence-corrected chi connectivity index (χ4v) is 5.78. The van der Waals surface area contributed by atoms with Crippen LogP contribution in [0.4, 0.5) is 42.6 Å². The summed E-state index contributed by atoms with van der Waals surface area (Å²) in [5.41, 5.74) is -2.81. The van der Waals surface area contributed by atoms with Crippen LogP contribution >= 0.6 is 0 Å². The first kappa shape index (κ1) is 30.6. The zero-order chi connectivity index (χ0) is 31.7. The molecule has 3 aromatic rings. The monoisotopic (exact) mass is 610 g/mol. The fourth-order valence-electron chi connectivity index (χ4n) is 5.78. The number of benzene rings is 1. The van der Waals surface area contributed by atoms with Crippen LogP contribution in [0.5, 0.6) is 0 Å². The van der Waals surface area contributed by atoms with Gasteiger partial charge in [-0.05, 0) is 64.8 Å². The topological polar surface area (TPSA) is 83.5 Å². The zero-order valence-corrected chi connectivity index (χ0v) is 24.5. The highest BCUT2D eigenvalue weighted by molar-refractivity contribution is 5.90. The second kappa shape index (κ2) is 10.1. The second-order valence-electron chi connectivity index (χ2n) is 12.4. The fraction of sp³-hybridized carbons (Fsp3) is 0.517. The van der Waals surface area contributed by atoms with Gasteiger partial charge in [-0.3, -0.25) is 0 Å². The van der Waals surface area contributed by atoms with Crippen molar-refractivity contribution < 1.29 is 35.9 Å². The number of alkyl halides is 6. The number of hydrogen-bond acceptors (Lipinski definition) is 7. The molecule has 0 saturated carbocycles. The van der Waals surface area contributed by atoms with Crippen LogP contribution in [-0.2, 0) is 17.1 Å². The van der Waals surface area contributed by atoms with E-state index in [1.807, 2.05) is 0 Å². The van der Waals surface area contributed by atoms with Crippen molar-refractivity contribution in [2.24, 2.45) is 5.41 Å². The van der Waals surface area contributed by atoms with Crippen LogP contribution in [0.15, 0.2) is 24.3 Å². The van der Waals surface area contributed by atoms with Gasteiger partial charge in [0.2, 0.25) is 0 Å². The number of halogens is 6. The molecule has 2 fully saturated rings. The molecule has 0 unspecified atom stereocenters. The Morgan fingerprint density at radius 2 is 1.63 bits per heavy atom. The Bertz CT molecular complexity index is 1570. The van der Waals surface area contributed by atoms with Gasteiger partial charge in [-0.25, -0.2) is 19.7 Å². The summed E-state index contributed by atoms with van der Waals surface area (Å²) in [7, 11) is 0. The average Bonchev–Trinajstić information content (AvgIpc) is 2.79. The number of pyridine rings is 1. The molecular formula is C29H32F6N6O2. The zero-order valence-electron chi connectivity index (χ0n) is 24.5. The third-order valence-electron chi connectivity index (χ3n) is 7.65. The molecule has 43 heavy (non-hydrogen) atoms. The van der Waals surface area contributed by atoms with Gasteiger partial charge < -0.3 is 19.9 Å². The average molecular weight is 611 g/mol. The summed E-state index contributed by atoms with van der Waals surface area (Å²) < 4.78 is 88.6. The molecule has 14 heteroatoms. The van der Waals surface area contributed by atoms with Gasteiger partial charge in [-0.15, -0.1) is 0 Å². The van der Waals surface area contributed by atoms with Crippen LogP contribution < -0.4 is 10.2 Å². The summed E-state index contributed by atoms with van der Waals surface area (Å²) in [5, 5.41) is 3.28. The number of carbonyl (C=O) groups excluding carboxylic acids is 1. The summed E-state index contributed by atoms with van der Waals surface area (Å²) in [5.74, 6) is 0.306. The molecule has 5 rings (SSSR count). The maximum Gasteiger partial charge on any atom is 0.435 e. The Balaban J connectivity index is 1.44. The third-order valence-corrected chi connectivity index (χ3v) is 7.65. The normalized spacial score (nSPS) is 17.5. The SMILES string of the molecule is Cc1nc(N[C@H](C)c2cccc(C(F)(F)F)c2C)c2cc(N3CC4(CN(C(=O)OC(C)(C)C)C4)C3)c(C(F)(F)F)nc2n1. The third kappa shape index (κ3) is 6.00. The second-order valence-corrected chi connectivity index (χ2v) is 12.4. The molecule has 0 radical (unpaired) electrons. The first-order valence-corrected chi connectivity index (χ1v) is 13.7. The molecule has 0 aliphatic carbocycles. The van der Waals surface area contributed by atoms with E-state index in [-0.39, 0.29) is 52.4 Å². The Hall–Kier alpha value is -3.84. The van der Waals surface area contributed by atoms with Crippen LogP contribution in [0.2, 0.25) is 0 Å². The predicted molar refractivity (Wildman–Crippen MR) is 148 cm³/mol. The number of likely N-dealkylation sites (tertiary alicyclic amines) is 1. The molecule has 4 heterocycles. The number of nitrogens with zero attached hydrogens (tertiary/aromatic N) is 5. The number of aryl methyl sites for hydroxylation is 1. The number of anilines is 2. The Labute approximate surface area is 244 Å². The van der Waals surface area contributed by atoms with Gasteiger partial charge in [0.1, 0.15) is 17.2 Å². The molecule has 2 saturated heterocycles. The van der Waals surface area contributed by atoms with E-state index in [0.29, 0.717) is 18.7 Å². The van der Waals surface area contributed by atoms with E-state index in [9.17, 15) is 31.1 Å². The summed E-state index contributed by atoms with van der Waals surface area (Å²) in [6, 6.07) is 4.52. The van der Waals surface area contributed by atoms with E-state index in [1.54, 1.807) is 38.7 Å². The minimum absolute atomic E-state index is 0.0371.